The third kappa shape index (κ3) is 4.75. The lowest BCUT2D eigenvalue weighted by atomic mass is 10.2. The SMILES string of the molecule is COc1cc(/C=N/N2C(=O)C(CC(=O)O)SC2=Nc2c(C)n(C)n(-c3ccccc3)c2=O)ccc1O. The molecule has 1 amide bonds. The molecule has 2 N–H and O–H groups in total. The molecule has 2 heterocycles. The van der Waals surface area contributed by atoms with Crippen LogP contribution in [0.1, 0.15) is 17.7 Å². The molecule has 3 aromatic rings. The number of aliphatic imine (C=N–C) groups is 1. The maximum Gasteiger partial charge on any atom is 0.305 e. The molecule has 1 unspecified atom stereocenters. The molecular weight excluding hydrogens is 486 g/mol. The number of amides is 1. The van der Waals surface area contributed by atoms with Crippen molar-refractivity contribution in [1.82, 2.24) is 14.4 Å². The first-order valence-corrected chi connectivity index (χ1v) is 11.6. The lowest BCUT2D eigenvalue weighted by Gasteiger charge is -2.09. The summed E-state index contributed by atoms with van der Waals surface area (Å²) < 4.78 is 8.21. The van der Waals surface area contributed by atoms with Gasteiger partial charge in [0, 0.05) is 7.05 Å². The number of hydrogen-bond acceptors (Lipinski definition) is 8. The van der Waals surface area contributed by atoms with Gasteiger partial charge in [0.2, 0.25) is 0 Å². The van der Waals surface area contributed by atoms with Crippen molar-refractivity contribution in [1.29, 1.82) is 0 Å². The standard InChI is InChI=1S/C24H23N5O6S/c1-14-21(23(34)29(27(14)2)16-7-5-4-6-8-16)26-24-28(22(33)19(36-24)12-20(31)32)25-13-15-9-10-17(30)18(11-15)35-3/h4-11,13,19,30H,12H2,1-3H3,(H,31,32)/b25-13+,26-24?. The fourth-order valence-electron chi connectivity index (χ4n) is 3.60. The van der Waals surface area contributed by atoms with Crippen LogP contribution in [0.3, 0.4) is 0 Å². The number of nitrogens with zero attached hydrogens (tertiary/aromatic N) is 5. The third-order valence-electron chi connectivity index (χ3n) is 5.53. The van der Waals surface area contributed by atoms with Gasteiger partial charge in [0.05, 0.1) is 31.1 Å². The molecule has 1 aliphatic rings. The average molecular weight is 510 g/mol. The molecule has 2 aromatic carbocycles. The Morgan fingerprint density at radius 3 is 2.58 bits per heavy atom. The molecule has 0 bridgehead atoms. The molecule has 4 rings (SSSR count). The van der Waals surface area contributed by atoms with Gasteiger partial charge in [-0.2, -0.15) is 10.1 Å². The number of para-hydroxylation sites is 1. The average Bonchev–Trinajstić information content (AvgIpc) is 3.26. The lowest BCUT2D eigenvalue weighted by Crippen LogP contribution is -2.28. The summed E-state index contributed by atoms with van der Waals surface area (Å²) >= 11 is 0.933. The van der Waals surface area contributed by atoms with Gasteiger partial charge in [0.15, 0.2) is 22.4 Å². The number of carboxylic acid groups (broad SMARTS) is 1. The van der Waals surface area contributed by atoms with Gasteiger partial charge < -0.3 is 14.9 Å². The first-order valence-electron chi connectivity index (χ1n) is 10.8. The van der Waals surface area contributed by atoms with E-state index in [4.69, 9.17) is 4.74 Å². The predicted octanol–water partition coefficient (Wildman–Crippen LogP) is 2.64. The molecule has 0 aliphatic carbocycles. The van der Waals surface area contributed by atoms with Gasteiger partial charge in [-0.15, -0.1) is 0 Å². The summed E-state index contributed by atoms with van der Waals surface area (Å²) in [6.07, 6.45) is 0.933. The van der Waals surface area contributed by atoms with Crippen LogP contribution in [0.4, 0.5) is 5.69 Å². The van der Waals surface area contributed by atoms with Crippen LogP contribution in [-0.4, -0.2) is 60.2 Å². The molecule has 11 nitrogen and oxygen atoms in total. The number of hydrazone groups is 1. The fourth-order valence-corrected chi connectivity index (χ4v) is 4.67. The van der Waals surface area contributed by atoms with Gasteiger partial charge in [-0.05, 0) is 42.8 Å². The zero-order chi connectivity index (χ0) is 26.0. The van der Waals surface area contributed by atoms with Gasteiger partial charge in [-0.1, -0.05) is 30.0 Å². The molecule has 1 saturated heterocycles. The minimum atomic E-state index is -1.14. The van der Waals surface area contributed by atoms with Crippen molar-refractivity contribution in [3.63, 3.8) is 0 Å². The van der Waals surface area contributed by atoms with Crippen LogP contribution in [0.2, 0.25) is 0 Å². The van der Waals surface area contributed by atoms with E-state index >= 15 is 0 Å². The number of rotatable bonds is 7. The van der Waals surface area contributed by atoms with Gasteiger partial charge >= 0.3 is 5.97 Å². The van der Waals surface area contributed by atoms with E-state index in [2.05, 4.69) is 10.1 Å². The van der Waals surface area contributed by atoms with Crippen molar-refractivity contribution >= 4 is 40.7 Å². The maximum absolute atomic E-state index is 13.3. The highest BCUT2D eigenvalue weighted by molar-refractivity contribution is 8.15. The number of aliphatic carboxylic acids is 1. The number of aromatic nitrogens is 2. The van der Waals surface area contributed by atoms with E-state index in [0.717, 1.165) is 16.8 Å². The van der Waals surface area contributed by atoms with E-state index in [-0.39, 0.29) is 22.4 Å². The summed E-state index contributed by atoms with van der Waals surface area (Å²) in [5.41, 5.74) is 1.44. The summed E-state index contributed by atoms with van der Waals surface area (Å²) in [5, 5.41) is 23.4. The van der Waals surface area contributed by atoms with E-state index in [1.165, 1.54) is 30.1 Å². The number of ether oxygens (including phenoxy) is 1. The first-order chi connectivity index (χ1) is 17.2. The molecule has 1 atom stereocenters. The highest BCUT2D eigenvalue weighted by atomic mass is 32.2. The highest BCUT2D eigenvalue weighted by Crippen LogP contribution is 2.32. The molecule has 12 heteroatoms. The van der Waals surface area contributed by atoms with E-state index in [1.807, 2.05) is 18.2 Å². The zero-order valence-corrected chi connectivity index (χ0v) is 20.5. The van der Waals surface area contributed by atoms with E-state index < -0.39 is 29.1 Å². The summed E-state index contributed by atoms with van der Waals surface area (Å²) in [4.78, 5) is 42.1. The quantitative estimate of drug-likeness (QED) is 0.467. The molecule has 1 aliphatic heterocycles. The molecule has 0 saturated carbocycles. The van der Waals surface area contributed by atoms with Crippen molar-refractivity contribution in [2.75, 3.05) is 7.11 Å². The largest absolute Gasteiger partial charge is 0.504 e. The van der Waals surface area contributed by atoms with E-state index in [9.17, 15) is 24.6 Å². The molecule has 0 spiro atoms. The fraction of sp³-hybridized carbons (Fsp3) is 0.208. The second-order valence-corrected chi connectivity index (χ2v) is 9.00. The number of benzene rings is 2. The van der Waals surface area contributed by atoms with E-state index in [0.29, 0.717) is 16.9 Å². The number of methoxy groups -OCH3 is 1. The number of aromatic hydroxyl groups is 1. The minimum Gasteiger partial charge on any atom is -0.504 e. The van der Waals surface area contributed by atoms with Crippen LogP contribution in [0.15, 0.2) is 63.4 Å². The number of carbonyl (C=O) groups excluding carboxylic acids is 1. The predicted molar refractivity (Wildman–Crippen MR) is 136 cm³/mol. The van der Waals surface area contributed by atoms with Gasteiger partial charge in [0.25, 0.3) is 11.5 Å². The molecule has 36 heavy (non-hydrogen) atoms. The molecule has 1 fully saturated rings. The maximum atomic E-state index is 13.3. The molecule has 0 radical (unpaired) electrons. The van der Waals surface area contributed by atoms with Crippen LogP contribution < -0.4 is 10.3 Å². The smallest absolute Gasteiger partial charge is 0.305 e. The number of phenolic OH excluding ortho intramolecular Hbond substituents is 1. The second-order valence-electron chi connectivity index (χ2n) is 7.83. The number of carboxylic acids is 1. The van der Waals surface area contributed by atoms with Crippen LogP contribution in [0, 0.1) is 6.92 Å². The topological polar surface area (TPSA) is 139 Å². The molecule has 1 aromatic heterocycles. The minimum absolute atomic E-state index is 0.0551. The Bertz CT molecular complexity index is 1440. The van der Waals surface area contributed by atoms with E-state index in [1.54, 1.807) is 36.9 Å². The highest BCUT2D eigenvalue weighted by Gasteiger charge is 2.40. The van der Waals surface area contributed by atoms with Crippen LogP contribution in [0.5, 0.6) is 11.5 Å². The normalized spacial score (nSPS) is 16.9. The van der Waals surface area contributed by atoms with Gasteiger partial charge in [-0.25, -0.2) is 9.67 Å². The zero-order valence-electron chi connectivity index (χ0n) is 19.7. The Balaban J connectivity index is 1.76. The molecule has 186 valence electrons. The Kier molecular flexibility index (Phi) is 6.97. The summed E-state index contributed by atoms with van der Waals surface area (Å²) in [7, 11) is 3.13. The summed E-state index contributed by atoms with van der Waals surface area (Å²) in [6.45, 7) is 1.73. The number of hydrogen-bond donors (Lipinski definition) is 2. The monoisotopic (exact) mass is 509 g/mol. The first kappa shape index (κ1) is 24.8. The van der Waals surface area contributed by atoms with Gasteiger partial charge in [0.1, 0.15) is 5.25 Å². The lowest BCUT2D eigenvalue weighted by molar-refractivity contribution is -0.139. The van der Waals surface area contributed by atoms with Crippen molar-refractivity contribution in [3.8, 4) is 17.2 Å². The Hall–Kier alpha value is -4.32. The van der Waals surface area contributed by atoms with Crippen molar-refractivity contribution in [3.05, 3.63) is 70.1 Å². The number of phenols is 1. The third-order valence-corrected chi connectivity index (χ3v) is 6.66. The Morgan fingerprint density at radius 2 is 1.92 bits per heavy atom. The summed E-state index contributed by atoms with van der Waals surface area (Å²) in [5.74, 6) is -1.54. The summed E-state index contributed by atoms with van der Waals surface area (Å²) in [6, 6.07) is 13.6. The Labute approximate surface area is 209 Å². The number of thioether (sulfide) groups is 1. The van der Waals surface area contributed by atoms with Crippen LogP contribution >= 0.6 is 11.8 Å². The Morgan fingerprint density at radius 1 is 1.19 bits per heavy atom. The van der Waals surface area contributed by atoms with Crippen molar-refractivity contribution < 1.29 is 24.5 Å². The van der Waals surface area contributed by atoms with Crippen molar-refractivity contribution in [2.45, 2.75) is 18.6 Å². The second kappa shape index (κ2) is 10.1. The van der Waals surface area contributed by atoms with Crippen molar-refractivity contribution in [2.24, 2.45) is 17.1 Å². The number of amidine groups is 1. The van der Waals surface area contributed by atoms with Crippen LogP contribution in [0.25, 0.3) is 5.69 Å². The van der Waals surface area contributed by atoms with Crippen LogP contribution in [-0.2, 0) is 16.6 Å². The number of carbonyl (C=O) groups is 2. The molecular formula is C24H23N5O6S. The van der Waals surface area contributed by atoms with Gasteiger partial charge in [-0.3, -0.25) is 19.1 Å².